The second-order valence-electron chi connectivity index (χ2n) is 10.7. The first-order chi connectivity index (χ1) is 16.4. The lowest BCUT2D eigenvalue weighted by atomic mass is 9.78. The van der Waals surface area contributed by atoms with Crippen LogP contribution >= 0.6 is 0 Å². The highest BCUT2D eigenvalue weighted by Gasteiger charge is 2.49. The van der Waals surface area contributed by atoms with E-state index in [2.05, 4.69) is 14.1 Å². The van der Waals surface area contributed by atoms with Crippen molar-refractivity contribution in [3.63, 3.8) is 0 Å². The molecule has 1 heterocycles. The highest BCUT2D eigenvalue weighted by Crippen LogP contribution is 2.42. The van der Waals surface area contributed by atoms with Gasteiger partial charge in [-0.05, 0) is 30.5 Å². The third-order valence-electron chi connectivity index (χ3n) is 8.12. The summed E-state index contributed by atoms with van der Waals surface area (Å²) in [7, 11) is 4.59. The van der Waals surface area contributed by atoms with Crippen LogP contribution in [0.1, 0.15) is 50.5 Å². The van der Waals surface area contributed by atoms with E-state index in [1.807, 2.05) is 65.6 Å². The van der Waals surface area contributed by atoms with Gasteiger partial charge in [0.2, 0.25) is 0 Å². The Balaban J connectivity index is 1.33. The van der Waals surface area contributed by atoms with E-state index in [1.54, 1.807) is 0 Å². The molecule has 34 heavy (non-hydrogen) atoms. The van der Waals surface area contributed by atoms with Gasteiger partial charge in [-0.25, -0.2) is 0 Å². The van der Waals surface area contributed by atoms with Crippen molar-refractivity contribution >= 4 is 5.91 Å². The number of quaternary nitrogens is 1. The van der Waals surface area contributed by atoms with Gasteiger partial charge in [0, 0.05) is 38.3 Å². The summed E-state index contributed by atoms with van der Waals surface area (Å²) in [5.74, 6) is 0.843. The lowest BCUT2D eigenvalue weighted by Gasteiger charge is -2.45. The molecule has 5 heteroatoms. The zero-order valence-corrected chi connectivity index (χ0v) is 20.9. The Morgan fingerprint density at radius 1 is 0.971 bits per heavy atom. The molecule has 184 valence electrons. The van der Waals surface area contributed by atoms with E-state index in [-0.39, 0.29) is 11.8 Å². The molecule has 2 aliphatic rings. The minimum atomic E-state index is -1.40. The van der Waals surface area contributed by atoms with E-state index < -0.39 is 5.60 Å². The van der Waals surface area contributed by atoms with E-state index in [9.17, 15) is 9.90 Å². The number of aliphatic hydroxyl groups is 1. The zero-order chi connectivity index (χ0) is 24.0. The van der Waals surface area contributed by atoms with Gasteiger partial charge < -0.3 is 19.2 Å². The maximum atomic E-state index is 13.8. The van der Waals surface area contributed by atoms with Crippen LogP contribution < -0.4 is 4.74 Å². The van der Waals surface area contributed by atoms with Gasteiger partial charge in [-0.2, -0.15) is 0 Å². The Labute approximate surface area is 204 Å². The van der Waals surface area contributed by atoms with E-state index in [4.69, 9.17) is 4.74 Å². The normalized spacial score (nSPS) is 19.7. The molecule has 0 radical (unpaired) electrons. The molecular weight excluding hydrogens is 424 g/mol. The lowest BCUT2D eigenvalue weighted by molar-refractivity contribution is -0.916. The number of hydrogen-bond acceptors (Lipinski definition) is 3. The lowest BCUT2D eigenvalue weighted by Crippen LogP contribution is -2.58. The molecule has 2 fully saturated rings. The highest BCUT2D eigenvalue weighted by molar-refractivity contribution is 5.87. The Morgan fingerprint density at radius 2 is 1.56 bits per heavy atom. The topological polar surface area (TPSA) is 49.8 Å². The van der Waals surface area contributed by atoms with Crippen molar-refractivity contribution in [2.75, 3.05) is 40.3 Å². The van der Waals surface area contributed by atoms with Gasteiger partial charge in [-0.3, -0.25) is 4.79 Å². The van der Waals surface area contributed by atoms with Gasteiger partial charge in [0.25, 0.3) is 5.91 Å². The zero-order valence-electron chi connectivity index (χ0n) is 20.9. The van der Waals surface area contributed by atoms with Crippen LogP contribution in [0.25, 0.3) is 0 Å². The van der Waals surface area contributed by atoms with Gasteiger partial charge in [-0.15, -0.1) is 0 Å². The summed E-state index contributed by atoms with van der Waals surface area (Å²) < 4.78 is 6.81. The predicted octanol–water partition coefficient (Wildman–Crippen LogP) is 4.60. The van der Waals surface area contributed by atoms with Crippen molar-refractivity contribution in [2.45, 2.75) is 56.6 Å². The van der Waals surface area contributed by atoms with Gasteiger partial charge in [0.1, 0.15) is 5.75 Å². The maximum absolute atomic E-state index is 13.8. The van der Waals surface area contributed by atoms with Crippen LogP contribution in [0.5, 0.6) is 5.75 Å². The van der Waals surface area contributed by atoms with Crippen molar-refractivity contribution < 1.29 is 19.1 Å². The predicted molar refractivity (Wildman–Crippen MR) is 135 cm³/mol. The molecule has 1 N–H and O–H groups in total. The summed E-state index contributed by atoms with van der Waals surface area (Å²) in [6.07, 6.45) is 6.95. The molecule has 1 aliphatic carbocycles. The first-order valence-corrected chi connectivity index (χ1v) is 13.0. The summed E-state index contributed by atoms with van der Waals surface area (Å²) in [4.78, 5) is 15.7. The van der Waals surface area contributed by atoms with E-state index in [1.165, 1.54) is 0 Å². The number of para-hydroxylation sites is 1. The number of benzene rings is 2. The van der Waals surface area contributed by atoms with Crippen LogP contribution in [0, 0.1) is 5.92 Å². The summed E-state index contributed by atoms with van der Waals surface area (Å²) >= 11 is 0. The van der Waals surface area contributed by atoms with E-state index in [0.29, 0.717) is 25.7 Å². The Kier molecular flexibility index (Phi) is 7.95. The molecule has 0 spiro atoms. The molecule has 1 atom stereocenters. The third-order valence-corrected chi connectivity index (χ3v) is 8.12. The van der Waals surface area contributed by atoms with Crippen LogP contribution in [0.4, 0.5) is 0 Å². The van der Waals surface area contributed by atoms with Crippen LogP contribution in [0.15, 0.2) is 60.7 Å². The molecular formula is C29H41N2O3+. The SMILES string of the molecule is C[N+](C)(CCCOc1ccccc1)C1CCN(C(=O)C(O)(c2ccccc2)C2CCCC2)CC1. The maximum Gasteiger partial charge on any atom is 0.259 e. The minimum Gasteiger partial charge on any atom is -0.493 e. The van der Waals surface area contributed by atoms with Crippen molar-refractivity contribution in [3.05, 3.63) is 66.2 Å². The number of carbonyl (C=O) groups excluding carboxylic acids is 1. The Bertz CT molecular complexity index is 903. The van der Waals surface area contributed by atoms with Crippen LogP contribution in [-0.4, -0.2) is 66.8 Å². The molecule has 5 nitrogen and oxygen atoms in total. The molecule has 0 aromatic heterocycles. The van der Waals surface area contributed by atoms with Crippen molar-refractivity contribution in [3.8, 4) is 5.75 Å². The fourth-order valence-corrected chi connectivity index (χ4v) is 5.94. The molecule has 2 aromatic rings. The number of hydrogen-bond donors (Lipinski definition) is 1. The first kappa shape index (κ1) is 24.7. The highest BCUT2D eigenvalue weighted by atomic mass is 16.5. The summed E-state index contributed by atoms with van der Waals surface area (Å²) in [5.41, 5.74) is -0.646. The quantitative estimate of drug-likeness (QED) is 0.435. The number of ether oxygens (including phenoxy) is 1. The molecule has 1 saturated carbocycles. The first-order valence-electron chi connectivity index (χ1n) is 13.0. The number of likely N-dealkylation sites (tertiary alicyclic amines) is 1. The van der Waals surface area contributed by atoms with Crippen LogP contribution in [0.2, 0.25) is 0 Å². The van der Waals surface area contributed by atoms with Gasteiger partial charge in [0.05, 0.1) is 33.3 Å². The van der Waals surface area contributed by atoms with Crippen molar-refractivity contribution in [2.24, 2.45) is 5.92 Å². The number of rotatable bonds is 9. The second kappa shape index (κ2) is 10.9. The third kappa shape index (κ3) is 5.47. The molecule has 1 amide bonds. The number of piperidine rings is 1. The molecule has 1 unspecified atom stereocenters. The Hall–Kier alpha value is -2.37. The summed E-state index contributed by atoms with van der Waals surface area (Å²) in [6, 6.07) is 20.1. The number of carbonyl (C=O) groups is 1. The monoisotopic (exact) mass is 465 g/mol. The van der Waals surface area contributed by atoms with Crippen LogP contribution in [0.3, 0.4) is 0 Å². The van der Waals surface area contributed by atoms with E-state index >= 15 is 0 Å². The molecule has 2 aromatic carbocycles. The number of nitrogens with zero attached hydrogens (tertiary/aromatic N) is 2. The van der Waals surface area contributed by atoms with Crippen LogP contribution in [-0.2, 0) is 10.4 Å². The van der Waals surface area contributed by atoms with Crippen molar-refractivity contribution in [1.29, 1.82) is 0 Å². The van der Waals surface area contributed by atoms with Crippen molar-refractivity contribution in [1.82, 2.24) is 4.90 Å². The van der Waals surface area contributed by atoms with Gasteiger partial charge in [0.15, 0.2) is 5.60 Å². The molecule has 0 bridgehead atoms. The fraction of sp³-hybridized carbons (Fsp3) is 0.552. The standard InChI is InChI=1S/C29H41N2O3/c1-31(2,22-11-23-34-27-16-7-4-8-17-27)26-18-20-30(21-19-26)28(32)29(33,25-14-9-10-15-25)24-12-5-3-6-13-24/h3-8,12-13,16-17,25-26,33H,9-11,14-15,18-23H2,1-2H3/q+1. The second-order valence-corrected chi connectivity index (χ2v) is 10.7. The average Bonchev–Trinajstić information content (AvgIpc) is 3.43. The van der Waals surface area contributed by atoms with Gasteiger partial charge >= 0.3 is 0 Å². The van der Waals surface area contributed by atoms with Gasteiger partial charge in [-0.1, -0.05) is 61.4 Å². The largest absolute Gasteiger partial charge is 0.493 e. The summed E-state index contributed by atoms with van der Waals surface area (Å²) in [5, 5.41) is 11.9. The summed E-state index contributed by atoms with van der Waals surface area (Å²) in [6.45, 7) is 3.19. The Morgan fingerprint density at radius 3 is 2.18 bits per heavy atom. The molecule has 1 saturated heterocycles. The smallest absolute Gasteiger partial charge is 0.259 e. The average molecular weight is 466 g/mol. The number of amides is 1. The molecule has 1 aliphatic heterocycles. The van der Waals surface area contributed by atoms with E-state index in [0.717, 1.165) is 67.3 Å². The fourth-order valence-electron chi connectivity index (χ4n) is 5.94. The molecule has 4 rings (SSSR count). The minimum absolute atomic E-state index is 0.0111.